The Morgan fingerprint density at radius 3 is 2.12 bits per heavy atom. The molecule has 0 spiro atoms. The van der Waals surface area contributed by atoms with Gasteiger partial charge < -0.3 is 25.1 Å². The first-order chi connectivity index (χ1) is 20.5. The number of nitrogens with zero attached hydrogens (tertiary/aromatic N) is 3. The SMILES string of the molecule is Cc1ccc(N(C)c2cc3nc(C4CC4)c(/C=C/[C@@H](O)C[C@@H](O)CC(=O)O)c(N(C)c4ccc(C)cc4)c3cc2F)cc1. The van der Waals surface area contributed by atoms with E-state index in [-0.39, 0.29) is 18.2 Å². The Hall–Kier alpha value is -4.27. The molecule has 1 aliphatic rings. The summed E-state index contributed by atoms with van der Waals surface area (Å²) in [5.41, 5.74) is 7.49. The van der Waals surface area contributed by atoms with Crippen LogP contribution in [0.5, 0.6) is 0 Å². The van der Waals surface area contributed by atoms with E-state index in [1.165, 1.54) is 6.07 Å². The molecule has 43 heavy (non-hydrogen) atoms. The van der Waals surface area contributed by atoms with E-state index in [1.54, 1.807) is 18.2 Å². The summed E-state index contributed by atoms with van der Waals surface area (Å²) in [6.45, 7) is 4.03. The number of aryl methyl sites for hydroxylation is 2. The molecule has 1 saturated carbocycles. The molecule has 4 aromatic rings. The summed E-state index contributed by atoms with van der Waals surface area (Å²) >= 11 is 0. The summed E-state index contributed by atoms with van der Waals surface area (Å²) in [6.07, 6.45) is 2.48. The van der Waals surface area contributed by atoms with Gasteiger partial charge in [-0.05, 0) is 63.1 Å². The zero-order chi connectivity index (χ0) is 30.8. The van der Waals surface area contributed by atoms with Crippen LogP contribution < -0.4 is 9.80 Å². The number of pyridine rings is 1. The van der Waals surface area contributed by atoms with Crippen molar-refractivity contribution in [2.24, 2.45) is 0 Å². The average Bonchev–Trinajstić information content (AvgIpc) is 3.80. The van der Waals surface area contributed by atoms with Gasteiger partial charge in [0.05, 0.1) is 41.2 Å². The number of halogens is 1. The number of hydrogen-bond donors (Lipinski definition) is 3. The number of aliphatic hydroxyl groups excluding tert-OH is 2. The van der Waals surface area contributed by atoms with Crippen LogP contribution >= 0.6 is 0 Å². The van der Waals surface area contributed by atoms with Gasteiger partial charge in [0.15, 0.2) is 0 Å². The van der Waals surface area contributed by atoms with E-state index in [2.05, 4.69) is 0 Å². The van der Waals surface area contributed by atoms with Gasteiger partial charge in [0.25, 0.3) is 0 Å². The summed E-state index contributed by atoms with van der Waals surface area (Å²) in [7, 11) is 3.78. The molecule has 5 rings (SSSR count). The summed E-state index contributed by atoms with van der Waals surface area (Å²) in [4.78, 5) is 19.9. The molecular formula is C35H38FN3O4. The largest absolute Gasteiger partial charge is 0.481 e. The summed E-state index contributed by atoms with van der Waals surface area (Å²) < 4.78 is 16.0. The van der Waals surface area contributed by atoms with Gasteiger partial charge in [0.1, 0.15) is 5.82 Å². The van der Waals surface area contributed by atoms with Crippen LogP contribution in [0, 0.1) is 19.7 Å². The molecule has 0 saturated heterocycles. The van der Waals surface area contributed by atoms with Gasteiger partial charge in [-0.1, -0.05) is 47.5 Å². The van der Waals surface area contributed by atoms with Crippen LogP contribution in [0.15, 0.2) is 66.7 Å². The molecule has 224 valence electrons. The van der Waals surface area contributed by atoms with Gasteiger partial charge in [0, 0.05) is 48.8 Å². The maximum atomic E-state index is 16.0. The second-order valence-corrected chi connectivity index (χ2v) is 11.6. The van der Waals surface area contributed by atoms with Crippen molar-refractivity contribution in [3.63, 3.8) is 0 Å². The molecule has 7 nitrogen and oxygen atoms in total. The number of aliphatic hydroxyl groups is 2. The van der Waals surface area contributed by atoms with Crippen LogP contribution in [-0.4, -0.2) is 52.6 Å². The third-order valence-corrected chi connectivity index (χ3v) is 8.00. The molecule has 3 aromatic carbocycles. The van der Waals surface area contributed by atoms with Gasteiger partial charge in [0.2, 0.25) is 0 Å². The second-order valence-electron chi connectivity index (χ2n) is 11.6. The smallest absolute Gasteiger partial charge is 0.305 e. The zero-order valence-electron chi connectivity index (χ0n) is 25.0. The minimum absolute atomic E-state index is 0.116. The van der Waals surface area contributed by atoms with E-state index < -0.39 is 24.6 Å². The molecule has 0 bridgehead atoms. The number of carbonyl (C=O) groups is 1. The van der Waals surface area contributed by atoms with Gasteiger partial charge in [-0.2, -0.15) is 0 Å². The number of benzene rings is 3. The Morgan fingerprint density at radius 1 is 0.977 bits per heavy atom. The van der Waals surface area contributed by atoms with Crippen molar-refractivity contribution in [2.75, 3.05) is 23.9 Å². The number of carboxylic acids is 1. The molecular weight excluding hydrogens is 545 g/mol. The first kappa shape index (κ1) is 30.2. The standard InChI is InChI=1S/C35H38FN3O4/c1-21-5-11-24(12-6-21)38(3)32-20-31-29(19-30(32)36)35(39(4)25-13-7-22(2)8-14-25)28(34(37-31)23-9-10-23)16-15-26(40)17-27(41)18-33(42)43/h5-8,11-16,19-20,23,26-27,40-41H,9-10,17-18H2,1-4H3,(H,42,43)/b16-15+/t26-,27-/m1/s1. The van der Waals surface area contributed by atoms with Crippen molar-refractivity contribution in [2.45, 2.75) is 57.7 Å². The maximum Gasteiger partial charge on any atom is 0.305 e. The molecule has 0 radical (unpaired) electrons. The van der Waals surface area contributed by atoms with Gasteiger partial charge >= 0.3 is 5.97 Å². The minimum atomic E-state index is -1.18. The number of fused-ring (bicyclic) bond motifs is 1. The topological polar surface area (TPSA) is 97.1 Å². The molecule has 0 amide bonds. The molecule has 1 aliphatic carbocycles. The number of aromatic nitrogens is 1. The zero-order valence-corrected chi connectivity index (χ0v) is 25.0. The molecule has 0 aliphatic heterocycles. The first-order valence-corrected chi connectivity index (χ1v) is 14.6. The fourth-order valence-electron chi connectivity index (χ4n) is 5.39. The highest BCUT2D eigenvalue weighted by Crippen LogP contribution is 2.47. The molecule has 2 atom stereocenters. The van der Waals surface area contributed by atoms with Crippen molar-refractivity contribution >= 4 is 45.7 Å². The van der Waals surface area contributed by atoms with Crippen LogP contribution in [0.25, 0.3) is 17.0 Å². The van der Waals surface area contributed by atoms with Gasteiger partial charge in [-0.25, -0.2) is 4.39 Å². The second kappa shape index (κ2) is 12.5. The lowest BCUT2D eigenvalue weighted by Gasteiger charge is -2.27. The van der Waals surface area contributed by atoms with E-state index in [9.17, 15) is 15.0 Å². The highest BCUT2D eigenvalue weighted by atomic mass is 19.1. The molecule has 1 fully saturated rings. The fraction of sp³-hybridized carbons (Fsp3) is 0.314. The van der Waals surface area contributed by atoms with Gasteiger partial charge in [-0.15, -0.1) is 0 Å². The lowest BCUT2D eigenvalue weighted by molar-refractivity contribution is -0.139. The predicted octanol–water partition coefficient (Wildman–Crippen LogP) is 7.00. The van der Waals surface area contributed by atoms with Crippen molar-refractivity contribution < 1.29 is 24.5 Å². The quantitative estimate of drug-likeness (QED) is 0.175. The van der Waals surface area contributed by atoms with E-state index in [0.29, 0.717) is 16.6 Å². The summed E-state index contributed by atoms with van der Waals surface area (Å²) in [5.74, 6) is -1.29. The monoisotopic (exact) mass is 583 g/mol. The van der Waals surface area contributed by atoms with Crippen LogP contribution in [0.2, 0.25) is 0 Å². The van der Waals surface area contributed by atoms with Gasteiger partial charge in [-0.3, -0.25) is 9.78 Å². The van der Waals surface area contributed by atoms with E-state index in [4.69, 9.17) is 10.1 Å². The molecule has 1 heterocycles. The van der Waals surface area contributed by atoms with E-state index in [0.717, 1.165) is 52.3 Å². The molecule has 0 unspecified atom stereocenters. The highest BCUT2D eigenvalue weighted by Gasteiger charge is 2.31. The van der Waals surface area contributed by atoms with Crippen molar-refractivity contribution in [1.82, 2.24) is 4.98 Å². The van der Waals surface area contributed by atoms with Crippen LogP contribution in [-0.2, 0) is 4.79 Å². The summed E-state index contributed by atoms with van der Waals surface area (Å²) in [6, 6.07) is 19.3. The van der Waals surface area contributed by atoms with Crippen LogP contribution in [0.3, 0.4) is 0 Å². The number of hydrogen-bond acceptors (Lipinski definition) is 6. The predicted molar refractivity (Wildman–Crippen MR) is 170 cm³/mol. The fourth-order valence-corrected chi connectivity index (χ4v) is 5.39. The molecule has 1 aromatic heterocycles. The maximum absolute atomic E-state index is 16.0. The van der Waals surface area contributed by atoms with Crippen molar-refractivity contribution in [3.05, 3.63) is 94.9 Å². The summed E-state index contributed by atoms with van der Waals surface area (Å²) in [5, 5.41) is 30.3. The van der Waals surface area contributed by atoms with E-state index >= 15 is 4.39 Å². The Morgan fingerprint density at radius 2 is 1.56 bits per heavy atom. The Labute approximate surface area is 251 Å². The van der Waals surface area contributed by atoms with Crippen LogP contribution in [0.4, 0.5) is 27.1 Å². The Balaban J connectivity index is 1.66. The highest BCUT2D eigenvalue weighted by molar-refractivity contribution is 6.00. The van der Waals surface area contributed by atoms with Crippen LogP contribution in [0.1, 0.15) is 54.0 Å². The van der Waals surface area contributed by atoms with Crippen molar-refractivity contribution in [3.8, 4) is 0 Å². The number of aliphatic carboxylic acids is 1. The molecule has 3 N–H and O–H groups in total. The third kappa shape index (κ3) is 6.87. The van der Waals surface area contributed by atoms with Crippen molar-refractivity contribution in [1.29, 1.82) is 0 Å². The Bertz CT molecular complexity index is 1650. The number of carboxylic acid groups (broad SMARTS) is 1. The molecule has 8 heteroatoms. The minimum Gasteiger partial charge on any atom is -0.481 e. The lowest BCUT2D eigenvalue weighted by atomic mass is 9.99. The third-order valence-electron chi connectivity index (χ3n) is 8.00. The first-order valence-electron chi connectivity index (χ1n) is 14.6. The van der Waals surface area contributed by atoms with E-state index in [1.807, 2.05) is 86.3 Å². The average molecular weight is 584 g/mol. The number of anilines is 4. The number of rotatable bonds is 11. The lowest BCUT2D eigenvalue weighted by Crippen LogP contribution is -2.19. The Kier molecular flexibility index (Phi) is 8.80. The normalized spacial score (nSPS) is 14.7.